The molecule has 0 aromatic heterocycles. The largest absolute Gasteiger partial charge is 0.478 e. The van der Waals surface area contributed by atoms with Gasteiger partial charge in [0.2, 0.25) is 0 Å². The normalized spacial score (nSPS) is 39.5. The second-order valence-corrected chi connectivity index (χ2v) is 13.3. The Labute approximate surface area is 213 Å². The molecule has 0 radical (unpaired) electrons. The van der Waals surface area contributed by atoms with E-state index in [2.05, 4.69) is 40.7 Å². The molecule has 3 saturated carbocycles. The SMILES string of the molecule is CC(C)CCC[C@@H](C)[C@H]1CC[C@H]2[C@@H]3CC=C4C[C@@H](OC(=O)/C=C\C(=O)O)CC[C@]4(C)[C@H]3CC[C@]12C. The summed E-state index contributed by atoms with van der Waals surface area (Å²) in [6.07, 6.45) is 17.9. The number of hydrogen-bond donors (Lipinski definition) is 1. The zero-order chi connectivity index (χ0) is 25.4. The average molecular weight is 485 g/mol. The van der Waals surface area contributed by atoms with Gasteiger partial charge in [-0.3, -0.25) is 0 Å². The first-order valence-electron chi connectivity index (χ1n) is 14.4. The van der Waals surface area contributed by atoms with Crippen molar-refractivity contribution in [2.45, 2.75) is 111 Å². The van der Waals surface area contributed by atoms with Crippen LogP contribution >= 0.6 is 0 Å². The minimum Gasteiger partial charge on any atom is -0.478 e. The molecule has 0 spiro atoms. The third-order valence-electron chi connectivity index (χ3n) is 10.9. The lowest BCUT2D eigenvalue weighted by Gasteiger charge is -2.58. The number of carbonyl (C=O) groups is 2. The van der Waals surface area contributed by atoms with Gasteiger partial charge in [0.05, 0.1) is 0 Å². The van der Waals surface area contributed by atoms with Crippen LogP contribution in [0.25, 0.3) is 0 Å². The highest BCUT2D eigenvalue weighted by Crippen LogP contribution is 2.67. The van der Waals surface area contributed by atoms with Crippen LogP contribution in [-0.2, 0) is 14.3 Å². The maximum atomic E-state index is 12.0. The smallest absolute Gasteiger partial charge is 0.331 e. The standard InChI is InChI=1S/C31H48O4/c1-20(2)7-6-8-21(3)25-11-12-26-24-10-9-22-19-23(35-29(34)14-13-28(32)33)15-17-30(22,4)27(24)16-18-31(25,26)5/h9,13-14,20-21,23-27H,6-8,10-12,15-19H2,1-5H3,(H,32,33)/b14-13-/t21-,23+,24+,25-,26+,27+,30+,31-/m1/s1. The highest BCUT2D eigenvalue weighted by atomic mass is 16.5. The molecule has 4 rings (SSSR count). The van der Waals surface area contributed by atoms with E-state index in [9.17, 15) is 9.59 Å². The van der Waals surface area contributed by atoms with Crippen molar-refractivity contribution in [1.29, 1.82) is 0 Å². The van der Waals surface area contributed by atoms with Gasteiger partial charge in [-0.25, -0.2) is 9.59 Å². The van der Waals surface area contributed by atoms with Crippen molar-refractivity contribution in [2.24, 2.45) is 46.3 Å². The summed E-state index contributed by atoms with van der Waals surface area (Å²) in [6.45, 7) is 12.4. The van der Waals surface area contributed by atoms with Crippen molar-refractivity contribution < 1.29 is 19.4 Å². The minimum absolute atomic E-state index is 0.131. The summed E-state index contributed by atoms with van der Waals surface area (Å²) in [5, 5.41) is 8.75. The van der Waals surface area contributed by atoms with E-state index in [4.69, 9.17) is 9.84 Å². The maximum absolute atomic E-state index is 12.0. The van der Waals surface area contributed by atoms with E-state index < -0.39 is 11.9 Å². The molecule has 8 atom stereocenters. The molecule has 0 heterocycles. The Morgan fingerprint density at radius 3 is 2.54 bits per heavy atom. The van der Waals surface area contributed by atoms with Gasteiger partial charge in [0, 0.05) is 18.6 Å². The van der Waals surface area contributed by atoms with Gasteiger partial charge >= 0.3 is 11.9 Å². The molecular weight excluding hydrogens is 436 g/mol. The van der Waals surface area contributed by atoms with E-state index in [-0.39, 0.29) is 11.5 Å². The molecule has 4 nitrogen and oxygen atoms in total. The van der Waals surface area contributed by atoms with Crippen LogP contribution in [0.15, 0.2) is 23.8 Å². The lowest BCUT2D eigenvalue weighted by atomic mass is 9.47. The Morgan fingerprint density at radius 2 is 1.83 bits per heavy atom. The van der Waals surface area contributed by atoms with Gasteiger partial charge in [-0.05, 0) is 91.3 Å². The van der Waals surface area contributed by atoms with Gasteiger partial charge in [0.25, 0.3) is 0 Å². The number of ether oxygens (including phenoxy) is 1. The molecule has 35 heavy (non-hydrogen) atoms. The van der Waals surface area contributed by atoms with E-state index in [1.165, 1.54) is 56.9 Å². The number of esters is 1. The van der Waals surface area contributed by atoms with Crippen LogP contribution in [0, 0.1) is 46.3 Å². The molecule has 4 heteroatoms. The second kappa shape index (κ2) is 10.4. The summed E-state index contributed by atoms with van der Waals surface area (Å²) < 4.78 is 5.61. The third kappa shape index (κ3) is 5.27. The molecule has 0 bridgehead atoms. The summed E-state index contributed by atoms with van der Waals surface area (Å²) in [4.78, 5) is 22.7. The van der Waals surface area contributed by atoms with Gasteiger partial charge in [0.15, 0.2) is 0 Å². The Hall–Kier alpha value is -1.58. The van der Waals surface area contributed by atoms with E-state index in [1.807, 2.05) is 0 Å². The van der Waals surface area contributed by atoms with Crippen molar-refractivity contribution in [1.82, 2.24) is 0 Å². The molecule has 4 aliphatic rings. The number of carboxylic acid groups (broad SMARTS) is 1. The Balaban J connectivity index is 1.42. The summed E-state index contributed by atoms with van der Waals surface area (Å²) in [6, 6.07) is 0. The van der Waals surface area contributed by atoms with Gasteiger partial charge in [0.1, 0.15) is 6.10 Å². The Bertz CT molecular complexity index is 856. The predicted molar refractivity (Wildman–Crippen MR) is 140 cm³/mol. The van der Waals surface area contributed by atoms with Crippen LogP contribution in [-0.4, -0.2) is 23.1 Å². The van der Waals surface area contributed by atoms with Crippen molar-refractivity contribution in [3.63, 3.8) is 0 Å². The summed E-state index contributed by atoms with van der Waals surface area (Å²) in [7, 11) is 0. The lowest BCUT2D eigenvalue weighted by molar-refractivity contribution is -0.146. The number of allylic oxidation sites excluding steroid dienone is 1. The van der Waals surface area contributed by atoms with E-state index >= 15 is 0 Å². The first-order valence-corrected chi connectivity index (χ1v) is 14.4. The van der Waals surface area contributed by atoms with Crippen molar-refractivity contribution in [3.05, 3.63) is 23.8 Å². The highest BCUT2D eigenvalue weighted by Gasteiger charge is 2.59. The zero-order valence-electron chi connectivity index (χ0n) is 22.7. The predicted octanol–water partition coefficient (Wildman–Crippen LogP) is 7.58. The van der Waals surface area contributed by atoms with Gasteiger partial charge in [-0.15, -0.1) is 0 Å². The van der Waals surface area contributed by atoms with Crippen LogP contribution in [0.5, 0.6) is 0 Å². The van der Waals surface area contributed by atoms with E-state index in [0.29, 0.717) is 5.41 Å². The number of carbonyl (C=O) groups excluding carboxylic acids is 1. The number of rotatable bonds is 8. The fourth-order valence-electron chi connectivity index (χ4n) is 9.10. The topological polar surface area (TPSA) is 63.6 Å². The fraction of sp³-hybridized carbons (Fsp3) is 0.806. The second-order valence-electron chi connectivity index (χ2n) is 13.3. The Morgan fingerprint density at radius 1 is 1.06 bits per heavy atom. The highest BCUT2D eigenvalue weighted by molar-refractivity contribution is 5.90. The molecule has 0 aromatic carbocycles. The molecule has 0 amide bonds. The lowest BCUT2D eigenvalue weighted by Crippen LogP contribution is -2.51. The number of fused-ring (bicyclic) bond motifs is 5. The van der Waals surface area contributed by atoms with Crippen molar-refractivity contribution in [3.8, 4) is 0 Å². The molecule has 1 N–H and O–H groups in total. The minimum atomic E-state index is -1.12. The molecular formula is C31H48O4. The molecule has 0 saturated heterocycles. The van der Waals surface area contributed by atoms with Crippen LogP contribution in [0.4, 0.5) is 0 Å². The van der Waals surface area contributed by atoms with Crippen LogP contribution < -0.4 is 0 Å². The zero-order valence-corrected chi connectivity index (χ0v) is 22.7. The Kier molecular flexibility index (Phi) is 7.88. The first kappa shape index (κ1) is 26.5. The molecule has 4 aliphatic carbocycles. The maximum Gasteiger partial charge on any atom is 0.331 e. The monoisotopic (exact) mass is 484 g/mol. The van der Waals surface area contributed by atoms with Gasteiger partial charge < -0.3 is 9.84 Å². The molecule has 196 valence electrons. The van der Waals surface area contributed by atoms with Crippen LogP contribution in [0.1, 0.15) is 105 Å². The summed E-state index contributed by atoms with van der Waals surface area (Å²) in [5.41, 5.74) is 2.22. The quantitative estimate of drug-likeness (QED) is 0.219. The number of aliphatic carboxylic acids is 1. The van der Waals surface area contributed by atoms with E-state index in [1.54, 1.807) is 0 Å². The van der Waals surface area contributed by atoms with Crippen LogP contribution in [0.3, 0.4) is 0 Å². The molecule has 3 fully saturated rings. The van der Waals surface area contributed by atoms with Crippen molar-refractivity contribution >= 4 is 11.9 Å². The fourth-order valence-corrected chi connectivity index (χ4v) is 9.10. The average Bonchev–Trinajstić information content (AvgIpc) is 3.15. The van der Waals surface area contributed by atoms with Gasteiger partial charge in [-0.2, -0.15) is 0 Å². The summed E-state index contributed by atoms with van der Waals surface area (Å²) in [5.74, 6) is 3.27. The summed E-state index contributed by atoms with van der Waals surface area (Å²) >= 11 is 0. The van der Waals surface area contributed by atoms with E-state index in [0.717, 1.165) is 66.9 Å². The molecule has 0 aliphatic heterocycles. The number of hydrogen-bond acceptors (Lipinski definition) is 3. The molecule has 0 unspecified atom stereocenters. The third-order valence-corrected chi connectivity index (χ3v) is 10.9. The number of carboxylic acids is 1. The van der Waals surface area contributed by atoms with Crippen LogP contribution in [0.2, 0.25) is 0 Å². The van der Waals surface area contributed by atoms with Gasteiger partial charge in [-0.1, -0.05) is 65.5 Å². The van der Waals surface area contributed by atoms with Crippen molar-refractivity contribution in [2.75, 3.05) is 0 Å². The first-order chi connectivity index (χ1) is 16.5. The molecule has 0 aromatic rings.